The van der Waals surface area contributed by atoms with E-state index < -0.39 is 0 Å². The molecule has 12 heavy (non-hydrogen) atoms. The minimum Gasteiger partial charge on any atom is -0.384 e. The lowest BCUT2D eigenvalue weighted by atomic mass is 10.2. The van der Waals surface area contributed by atoms with E-state index in [-0.39, 0.29) is 0 Å². The van der Waals surface area contributed by atoms with E-state index in [1.54, 1.807) is 6.20 Å². The van der Waals surface area contributed by atoms with Crippen molar-refractivity contribution in [1.82, 2.24) is 9.97 Å². The normalized spacial score (nSPS) is 10.4. The van der Waals surface area contributed by atoms with Crippen molar-refractivity contribution in [2.24, 2.45) is 0 Å². The topological polar surface area (TPSA) is 51.8 Å². The fraction of sp³-hybridized carbons (Fsp3) is 0.111. The van der Waals surface area contributed by atoms with Gasteiger partial charge in [-0.25, -0.2) is 4.98 Å². The van der Waals surface area contributed by atoms with Gasteiger partial charge in [-0.2, -0.15) is 0 Å². The number of hydrogen-bond acceptors (Lipinski definition) is 3. The van der Waals surface area contributed by atoms with Crippen molar-refractivity contribution in [3.8, 4) is 0 Å². The summed E-state index contributed by atoms with van der Waals surface area (Å²) >= 11 is 0. The van der Waals surface area contributed by atoms with E-state index in [0.29, 0.717) is 5.82 Å². The second-order valence-electron chi connectivity index (χ2n) is 2.78. The molecule has 2 heterocycles. The first-order valence-corrected chi connectivity index (χ1v) is 3.73. The van der Waals surface area contributed by atoms with Gasteiger partial charge in [0.2, 0.25) is 0 Å². The van der Waals surface area contributed by atoms with Gasteiger partial charge >= 0.3 is 0 Å². The van der Waals surface area contributed by atoms with Gasteiger partial charge in [-0.1, -0.05) is 0 Å². The van der Waals surface area contributed by atoms with Crippen molar-refractivity contribution in [2.75, 3.05) is 5.73 Å². The van der Waals surface area contributed by atoms with Crippen LogP contribution in [0.1, 0.15) is 5.69 Å². The predicted octanol–water partition coefficient (Wildman–Crippen LogP) is 1.52. The molecule has 2 aromatic heterocycles. The Morgan fingerprint density at radius 3 is 2.58 bits per heavy atom. The van der Waals surface area contributed by atoms with Gasteiger partial charge in [0.25, 0.3) is 0 Å². The molecule has 0 saturated heterocycles. The summed E-state index contributed by atoms with van der Waals surface area (Å²) in [5, 5.41) is 2.12. The van der Waals surface area contributed by atoms with E-state index in [1.807, 2.05) is 25.3 Å². The third-order valence-electron chi connectivity index (χ3n) is 1.76. The highest BCUT2D eigenvalue weighted by atomic mass is 14.8. The first kappa shape index (κ1) is 7.03. The number of aromatic nitrogens is 2. The van der Waals surface area contributed by atoms with E-state index in [4.69, 9.17) is 5.73 Å². The van der Waals surface area contributed by atoms with Crippen LogP contribution in [-0.4, -0.2) is 9.97 Å². The van der Waals surface area contributed by atoms with Crippen molar-refractivity contribution < 1.29 is 0 Å². The van der Waals surface area contributed by atoms with Gasteiger partial charge in [0.05, 0.1) is 0 Å². The van der Waals surface area contributed by atoms with Gasteiger partial charge in [-0.3, -0.25) is 4.98 Å². The van der Waals surface area contributed by atoms with E-state index in [9.17, 15) is 0 Å². The second-order valence-corrected chi connectivity index (χ2v) is 2.78. The molecule has 0 fully saturated rings. The number of nitrogen functional groups attached to an aromatic ring is 1. The summed E-state index contributed by atoms with van der Waals surface area (Å²) in [5.41, 5.74) is 6.52. The molecule has 0 saturated carbocycles. The van der Waals surface area contributed by atoms with Crippen molar-refractivity contribution in [2.45, 2.75) is 6.92 Å². The molecule has 3 heteroatoms. The summed E-state index contributed by atoms with van der Waals surface area (Å²) in [6.45, 7) is 1.95. The quantitative estimate of drug-likeness (QED) is 0.634. The minimum absolute atomic E-state index is 0.535. The molecular formula is C9H9N3. The number of nitrogens with zero attached hydrogens (tertiary/aromatic N) is 2. The van der Waals surface area contributed by atoms with Gasteiger partial charge in [0.1, 0.15) is 5.82 Å². The number of nitrogens with two attached hydrogens (primary N) is 1. The number of aryl methyl sites for hydroxylation is 1. The molecular weight excluding hydrogens is 150 g/mol. The zero-order valence-electron chi connectivity index (χ0n) is 6.78. The van der Waals surface area contributed by atoms with E-state index in [1.165, 1.54) is 0 Å². The van der Waals surface area contributed by atoms with Crippen LogP contribution in [0.5, 0.6) is 0 Å². The lowest BCUT2D eigenvalue weighted by Crippen LogP contribution is -1.89. The summed E-state index contributed by atoms with van der Waals surface area (Å²) < 4.78 is 0. The predicted molar refractivity (Wildman–Crippen MR) is 48.7 cm³/mol. The Kier molecular flexibility index (Phi) is 1.43. The zero-order valence-corrected chi connectivity index (χ0v) is 6.78. The molecule has 0 atom stereocenters. The molecule has 0 radical (unpaired) electrons. The number of pyridine rings is 2. The first-order chi connectivity index (χ1) is 5.75. The minimum atomic E-state index is 0.535. The molecule has 3 nitrogen and oxygen atoms in total. The first-order valence-electron chi connectivity index (χ1n) is 3.73. The van der Waals surface area contributed by atoms with E-state index >= 15 is 0 Å². The zero-order chi connectivity index (χ0) is 8.55. The molecule has 0 bridgehead atoms. The summed E-state index contributed by atoms with van der Waals surface area (Å²) in [4.78, 5) is 8.16. The van der Waals surface area contributed by atoms with Crippen LogP contribution in [0.4, 0.5) is 5.82 Å². The summed E-state index contributed by atoms with van der Waals surface area (Å²) in [6, 6.07) is 3.81. The fourth-order valence-electron chi connectivity index (χ4n) is 1.16. The molecule has 0 unspecified atom stereocenters. The maximum atomic E-state index is 5.52. The third kappa shape index (κ3) is 1.09. The summed E-state index contributed by atoms with van der Waals surface area (Å²) in [6.07, 6.45) is 3.57. The van der Waals surface area contributed by atoms with Gasteiger partial charge in [0.15, 0.2) is 0 Å². The highest BCUT2D eigenvalue weighted by Gasteiger charge is 1.95. The molecule has 0 aliphatic heterocycles. The van der Waals surface area contributed by atoms with Crippen molar-refractivity contribution in [3.05, 3.63) is 30.2 Å². The monoisotopic (exact) mass is 159 g/mol. The Balaban J connectivity index is 2.79. The van der Waals surface area contributed by atoms with E-state index in [2.05, 4.69) is 9.97 Å². The van der Waals surface area contributed by atoms with Crippen LogP contribution in [0.3, 0.4) is 0 Å². The summed E-state index contributed by atoms with van der Waals surface area (Å²) in [7, 11) is 0. The average molecular weight is 159 g/mol. The van der Waals surface area contributed by atoms with Crippen molar-refractivity contribution in [3.63, 3.8) is 0 Å². The van der Waals surface area contributed by atoms with Gasteiger partial charge in [0, 0.05) is 28.9 Å². The number of hydrogen-bond donors (Lipinski definition) is 1. The van der Waals surface area contributed by atoms with Gasteiger partial charge in [-0.15, -0.1) is 0 Å². The Morgan fingerprint density at radius 2 is 1.75 bits per heavy atom. The standard InChI is InChI=1S/C9H9N3/c1-6-2-7-5-12-9(10)3-8(7)4-11-6/h2-5H,1H3,(H2,10,12). The molecule has 2 N–H and O–H groups in total. The summed E-state index contributed by atoms with van der Waals surface area (Å²) in [5.74, 6) is 0.535. The van der Waals surface area contributed by atoms with Crippen LogP contribution in [-0.2, 0) is 0 Å². The molecule has 2 rings (SSSR count). The smallest absolute Gasteiger partial charge is 0.123 e. The Bertz CT molecular complexity index is 382. The number of rotatable bonds is 0. The van der Waals surface area contributed by atoms with Crippen LogP contribution >= 0.6 is 0 Å². The van der Waals surface area contributed by atoms with Crippen LogP contribution in [0.2, 0.25) is 0 Å². The molecule has 0 aliphatic carbocycles. The van der Waals surface area contributed by atoms with Gasteiger partial charge in [-0.05, 0) is 19.1 Å². The second kappa shape index (κ2) is 2.44. The maximum absolute atomic E-state index is 5.52. The maximum Gasteiger partial charge on any atom is 0.123 e. The van der Waals surface area contributed by atoms with E-state index in [0.717, 1.165) is 16.5 Å². The average Bonchev–Trinajstić information content (AvgIpc) is 2.05. The lowest BCUT2D eigenvalue weighted by Gasteiger charge is -1.98. The molecule has 0 aliphatic rings. The largest absolute Gasteiger partial charge is 0.384 e. The highest BCUT2D eigenvalue weighted by molar-refractivity contribution is 5.82. The van der Waals surface area contributed by atoms with Crippen LogP contribution in [0, 0.1) is 6.92 Å². The highest BCUT2D eigenvalue weighted by Crippen LogP contribution is 2.14. The van der Waals surface area contributed by atoms with Crippen molar-refractivity contribution >= 4 is 16.6 Å². The molecule has 2 aromatic rings. The third-order valence-corrected chi connectivity index (χ3v) is 1.76. The fourth-order valence-corrected chi connectivity index (χ4v) is 1.16. The van der Waals surface area contributed by atoms with Gasteiger partial charge < -0.3 is 5.73 Å². The Hall–Kier alpha value is -1.64. The Morgan fingerprint density at radius 1 is 1.08 bits per heavy atom. The number of anilines is 1. The van der Waals surface area contributed by atoms with Crippen molar-refractivity contribution in [1.29, 1.82) is 0 Å². The molecule has 60 valence electrons. The Labute approximate surface area is 70.3 Å². The lowest BCUT2D eigenvalue weighted by molar-refractivity contribution is 1.22. The SMILES string of the molecule is Cc1cc2cnc(N)cc2cn1. The van der Waals surface area contributed by atoms with Crippen LogP contribution in [0.15, 0.2) is 24.5 Å². The van der Waals surface area contributed by atoms with Crippen LogP contribution in [0.25, 0.3) is 10.8 Å². The molecule has 0 spiro atoms. The number of fused-ring (bicyclic) bond motifs is 1. The van der Waals surface area contributed by atoms with Crippen LogP contribution < -0.4 is 5.73 Å². The molecule has 0 aromatic carbocycles. The molecule has 0 amide bonds.